The third-order valence-corrected chi connectivity index (χ3v) is 6.45. The zero-order valence-corrected chi connectivity index (χ0v) is 13.0. The van der Waals surface area contributed by atoms with Crippen molar-refractivity contribution in [1.29, 1.82) is 0 Å². The van der Waals surface area contributed by atoms with Gasteiger partial charge in [-0.3, -0.25) is 4.98 Å². The van der Waals surface area contributed by atoms with Gasteiger partial charge in [0.15, 0.2) is 0 Å². The van der Waals surface area contributed by atoms with Crippen molar-refractivity contribution in [1.82, 2.24) is 4.98 Å². The van der Waals surface area contributed by atoms with E-state index in [9.17, 15) is 0 Å². The van der Waals surface area contributed by atoms with Gasteiger partial charge in [-0.05, 0) is 79.5 Å². The molecule has 0 aliphatic heterocycles. The number of nitrogens with zero attached hydrogens (tertiary/aromatic N) is 1. The van der Waals surface area contributed by atoms with E-state index in [1.165, 1.54) is 55.3 Å². The SMILES string of the molecule is c1ccc(-c2ccnc(C34CC5CC(CC(C5)C3)C4)c2)cc1. The van der Waals surface area contributed by atoms with Gasteiger partial charge in [-0.1, -0.05) is 30.3 Å². The van der Waals surface area contributed by atoms with E-state index >= 15 is 0 Å². The zero-order chi connectivity index (χ0) is 14.6. The molecule has 1 heteroatoms. The first kappa shape index (κ1) is 12.9. The Bertz CT molecular complexity index is 653. The Morgan fingerprint density at radius 1 is 0.773 bits per heavy atom. The molecule has 2 aromatic rings. The molecular weight excluding hydrogens is 266 g/mol. The molecule has 4 aliphatic rings. The fraction of sp³-hybridized carbons (Fsp3) is 0.476. The molecule has 112 valence electrons. The summed E-state index contributed by atoms with van der Waals surface area (Å²) in [6, 6.07) is 15.3. The third kappa shape index (κ3) is 1.95. The van der Waals surface area contributed by atoms with E-state index in [4.69, 9.17) is 4.98 Å². The monoisotopic (exact) mass is 289 g/mol. The zero-order valence-electron chi connectivity index (χ0n) is 13.0. The molecule has 4 fully saturated rings. The van der Waals surface area contributed by atoms with Gasteiger partial charge in [0, 0.05) is 17.3 Å². The lowest BCUT2D eigenvalue weighted by molar-refractivity contribution is -0.00717. The summed E-state index contributed by atoms with van der Waals surface area (Å²) in [7, 11) is 0. The van der Waals surface area contributed by atoms with Crippen LogP contribution in [0.15, 0.2) is 48.7 Å². The summed E-state index contributed by atoms with van der Waals surface area (Å²) in [4.78, 5) is 4.85. The van der Waals surface area contributed by atoms with Gasteiger partial charge >= 0.3 is 0 Å². The Labute approximate surface area is 132 Å². The van der Waals surface area contributed by atoms with E-state index in [1.54, 1.807) is 0 Å². The molecule has 1 aromatic carbocycles. The van der Waals surface area contributed by atoms with Crippen LogP contribution in [0, 0.1) is 17.8 Å². The first-order valence-corrected chi connectivity index (χ1v) is 8.83. The van der Waals surface area contributed by atoms with Crippen LogP contribution in [0.25, 0.3) is 11.1 Å². The predicted octanol–water partition coefficient (Wildman–Crippen LogP) is 5.22. The standard InChI is InChI=1S/C21H23N/c1-2-4-18(5-3-1)19-6-7-22-20(11-19)21-12-15-8-16(13-21)10-17(9-15)14-21/h1-7,11,15-17H,8-10,12-14H2. The van der Waals surface area contributed by atoms with E-state index in [0.29, 0.717) is 5.41 Å². The fourth-order valence-electron chi connectivity index (χ4n) is 5.96. The molecule has 4 bridgehead atoms. The molecule has 4 saturated carbocycles. The summed E-state index contributed by atoms with van der Waals surface area (Å²) < 4.78 is 0. The third-order valence-electron chi connectivity index (χ3n) is 6.45. The van der Waals surface area contributed by atoms with E-state index in [2.05, 4.69) is 42.5 Å². The normalized spacial score (nSPS) is 35.7. The van der Waals surface area contributed by atoms with Gasteiger partial charge in [-0.15, -0.1) is 0 Å². The number of hydrogen-bond acceptors (Lipinski definition) is 1. The maximum absolute atomic E-state index is 4.85. The average molecular weight is 289 g/mol. The summed E-state index contributed by atoms with van der Waals surface area (Å²) in [5.41, 5.74) is 4.43. The molecular formula is C21H23N. The lowest BCUT2D eigenvalue weighted by atomic mass is 9.48. The summed E-state index contributed by atoms with van der Waals surface area (Å²) in [5.74, 6) is 2.94. The van der Waals surface area contributed by atoms with Crippen molar-refractivity contribution in [2.75, 3.05) is 0 Å². The van der Waals surface area contributed by atoms with Crippen LogP contribution in [-0.2, 0) is 5.41 Å². The van der Waals surface area contributed by atoms with Gasteiger partial charge in [-0.25, -0.2) is 0 Å². The van der Waals surface area contributed by atoms with Crippen molar-refractivity contribution in [2.24, 2.45) is 17.8 Å². The number of pyridine rings is 1. The van der Waals surface area contributed by atoms with E-state index in [-0.39, 0.29) is 0 Å². The van der Waals surface area contributed by atoms with Crippen LogP contribution in [0.5, 0.6) is 0 Å². The van der Waals surface area contributed by atoms with Crippen molar-refractivity contribution in [3.05, 3.63) is 54.4 Å². The van der Waals surface area contributed by atoms with Crippen molar-refractivity contribution >= 4 is 0 Å². The highest BCUT2D eigenvalue weighted by atomic mass is 14.7. The smallest absolute Gasteiger partial charge is 0.0471 e. The minimum absolute atomic E-state index is 0.402. The van der Waals surface area contributed by atoms with Crippen LogP contribution in [0.1, 0.15) is 44.2 Å². The van der Waals surface area contributed by atoms with Crippen molar-refractivity contribution in [2.45, 2.75) is 43.9 Å². The molecule has 1 aromatic heterocycles. The minimum atomic E-state index is 0.402. The van der Waals surface area contributed by atoms with Gasteiger partial charge in [0.05, 0.1) is 0 Å². The molecule has 1 heterocycles. The molecule has 0 atom stereocenters. The lowest BCUT2D eigenvalue weighted by Crippen LogP contribution is -2.48. The molecule has 6 rings (SSSR count). The van der Waals surface area contributed by atoms with Gasteiger partial charge in [0.1, 0.15) is 0 Å². The highest BCUT2D eigenvalue weighted by molar-refractivity contribution is 5.63. The van der Waals surface area contributed by atoms with E-state index in [0.717, 1.165) is 17.8 Å². The Kier molecular flexibility index (Phi) is 2.74. The Morgan fingerprint density at radius 2 is 1.41 bits per heavy atom. The highest BCUT2D eigenvalue weighted by Crippen LogP contribution is 2.60. The van der Waals surface area contributed by atoms with Gasteiger partial charge in [-0.2, -0.15) is 0 Å². The molecule has 0 radical (unpaired) electrons. The van der Waals surface area contributed by atoms with Crippen molar-refractivity contribution in [3.8, 4) is 11.1 Å². The number of benzene rings is 1. The maximum Gasteiger partial charge on any atom is 0.0471 e. The van der Waals surface area contributed by atoms with Crippen LogP contribution >= 0.6 is 0 Å². The lowest BCUT2D eigenvalue weighted by Gasteiger charge is -2.56. The number of rotatable bonds is 2. The van der Waals surface area contributed by atoms with Crippen LogP contribution in [0.4, 0.5) is 0 Å². The molecule has 0 spiro atoms. The Balaban J connectivity index is 1.56. The average Bonchev–Trinajstić information content (AvgIpc) is 2.55. The molecule has 0 amide bonds. The minimum Gasteiger partial charge on any atom is -0.261 e. The Morgan fingerprint density at radius 3 is 2.05 bits per heavy atom. The molecule has 1 nitrogen and oxygen atoms in total. The molecule has 4 aliphatic carbocycles. The molecule has 22 heavy (non-hydrogen) atoms. The first-order valence-electron chi connectivity index (χ1n) is 8.83. The predicted molar refractivity (Wildman–Crippen MR) is 89.5 cm³/mol. The van der Waals surface area contributed by atoms with Gasteiger partial charge < -0.3 is 0 Å². The topological polar surface area (TPSA) is 12.9 Å². The van der Waals surface area contributed by atoms with E-state index < -0.39 is 0 Å². The fourth-order valence-corrected chi connectivity index (χ4v) is 5.96. The van der Waals surface area contributed by atoms with Crippen molar-refractivity contribution < 1.29 is 0 Å². The number of aromatic nitrogens is 1. The summed E-state index contributed by atoms with van der Waals surface area (Å²) in [5, 5.41) is 0. The summed E-state index contributed by atoms with van der Waals surface area (Å²) in [6.45, 7) is 0. The van der Waals surface area contributed by atoms with Gasteiger partial charge in [0.25, 0.3) is 0 Å². The second kappa shape index (κ2) is 4.68. The molecule has 0 saturated heterocycles. The number of hydrogen-bond donors (Lipinski definition) is 0. The highest BCUT2D eigenvalue weighted by Gasteiger charge is 2.52. The van der Waals surface area contributed by atoms with Crippen LogP contribution in [0.2, 0.25) is 0 Å². The first-order chi connectivity index (χ1) is 10.8. The van der Waals surface area contributed by atoms with Gasteiger partial charge in [0.2, 0.25) is 0 Å². The quantitative estimate of drug-likeness (QED) is 0.739. The largest absolute Gasteiger partial charge is 0.261 e. The van der Waals surface area contributed by atoms with Crippen LogP contribution in [-0.4, -0.2) is 4.98 Å². The maximum atomic E-state index is 4.85. The second-order valence-corrected chi connectivity index (χ2v) is 7.99. The second-order valence-electron chi connectivity index (χ2n) is 7.99. The summed E-state index contributed by atoms with van der Waals surface area (Å²) in [6.07, 6.45) is 10.7. The Hall–Kier alpha value is -1.63. The van der Waals surface area contributed by atoms with Crippen molar-refractivity contribution in [3.63, 3.8) is 0 Å². The molecule has 0 unspecified atom stereocenters. The molecule has 0 N–H and O–H groups in total. The van der Waals surface area contributed by atoms with E-state index in [1.807, 2.05) is 6.20 Å². The summed E-state index contributed by atoms with van der Waals surface area (Å²) >= 11 is 0. The van der Waals surface area contributed by atoms with Crippen LogP contribution < -0.4 is 0 Å². The van der Waals surface area contributed by atoms with Crippen LogP contribution in [0.3, 0.4) is 0 Å².